The van der Waals surface area contributed by atoms with Crippen molar-refractivity contribution in [2.45, 2.75) is 38.5 Å². The van der Waals surface area contributed by atoms with Crippen molar-refractivity contribution in [3.8, 4) is 5.75 Å². The smallest absolute Gasteiger partial charge is 0.336 e. The van der Waals surface area contributed by atoms with Crippen molar-refractivity contribution in [3.05, 3.63) is 88.0 Å². The number of Topliss-reactive ketones (excluding diaryl/α,β-unsaturated/α-hetero) is 1. The molecule has 35 heavy (non-hydrogen) atoms. The summed E-state index contributed by atoms with van der Waals surface area (Å²) in [5, 5.41) is 3.35. The predicted octanol–water partition coefficient (Wildman–Crippen LogP) is 5.49. The number of halogens is 1. The molecule has 5 nitrogen and oxygen atoms in total. The van der Waals surface area contributed by atoms with Gasteiger partial charge in [-0.2, -0.15) is 11.8 Å². The zero-order valence-electron chi connectivity index (χ0n) is 20.2. The summed E-state index contributed by atoms with van der Waals surface area (Å²) in [6.45, 7) is 4.17. The molecule has 1 aliphatic heterocycles. The normalized spacial score (nSPS) is 19.8. The van der Waals surface area contributed by atoms with E-state index in [1.165, 1.54) is 12.1 Å². The van der Waals surface area contributed by atoms with Crippen LogP contribution in [0.1, 0.15) is 49.7 Å². The molecule has 1 N–H and O–H groups in total. The fourth-order valence-electron chi connectivity index (χ4n) is 4.94. The molecule has 2 atom stereocenters. The molecule has 0 spiro atoms. The van der Waals surface area contributed by atoms with E-state index in [1.54, 1.807) is 31.0 Å². The first-order valence-corrected chi connectivity index (χ1v) is 13.0. The van der Waals surface area contributed by atoms with Gasteiger partial charge >= 0.3 is 5.97 Å². The number of allylic oxidation sites excluding steroid dienone is 3. The number of thioether (sulfide) groups is 1. The lowest BCUT2D eigenvalue weighted by Gasteiger charge is -2.37. The molecule has 0 aromatic heterocycles. The Morgan fingerprint density at radius 2 is 1.89 bits per heavy atom. The zero-order valence-corrected chi connectivity index (χ0v) is 21.0. The number of hydrogen-bond donors (Lipinski definition) is 1. The highest BCUT2D eigenvalue weighted by Gasteiger charge is 2.41. The molecule has 0 saturated heterocycles. The lowest BCUT2D eigenvalue weighted by atomic mass is 9.71. The van der Waals surface area contributed by atoms with E-state index in [0.29, 0.717) is 47.6 Å². The first-order chi connectivity index (χ1) is 16.9. The van der Waals surface area contributed by atoms with Gasteiger partial charge in [-0.3, -0.25) is 4.79 Å². The summed E-state index contributed by atoms with van der Waals surface area (Å²) in [7, 11) is 1.63. The van der Waals surface area contributed by atoms with E-state index < -0.39 is 11.9 Å². The summed E-state index contributed by atoms with van der Waals surface area (Å²) in [5.74, 6) is 0.880. The number of rotatable bonds is 8. The molecule has 7 heteroatoms. The minimum Gasteiger partial charge on any atom is -0.496 e. The lowest BCUT2D eigenvalue weighted by Crippen LogP contribution is -2.36. The second-order valence-electron chi connectivity index (χ2n) is 8.64. The quantitative estimate of drug-likeness (QED) is 0.386. The van der Waals surface area contributed by atoms with Gasteiger partial charge in [-0.05, 0) is 48.4 Å². The third-order valence-corrected chi connectivity index (χ3v) is 7.36. The molecule has 0 radical (unpaired) electrons. The maximum Gasteiger partial charge on any atom is 0.336 e. The number of methoxy groups -OCH3 is 1. The van der Waals surface area contributed by atoms with Crippen LogP contribution < -0.4 is 10.1 Å². The lowest BCUT2D eigenvalue weighted by molar-refractivity contribution is -0.138. The van der Waals surface area contributed by atoms with Gasteiger partial charge in [0.1, 0.15) is 18.2 Å². The summed E-state index contributed by atoms with van der Waals surface area (Å²) in [4.78, 5) is 26.9. The van der Waals surface area contributed by atoms with Gasteiger partial charge in [0.2, 0.25) is 0 Å². The number of dihydropyridines is 1. The van der Waals surface area contributed by atoms with E-state index in [0.717, 1.165) is 22.8 Å². The maximum atomic E-state index is 13.7. The second kappa shape index (κ2) is 11.1. The molecule has 2 aliphatic rings. The summed E-state index contributed by atoms with van der Waals surface area (Å²) in [6.07, 6.45) is 0.902. The number of ether oxygens (including phenoxy) is 2. The summed E-state index contributed by atoms with van der Waals surface area (Å²) < 4.78 is 24.9. The molecule has 0 saturated carbocycles. The largest absolute Gasteiger partial charge is 0.496 e. The molecule has 4 rings (SSSR count). The van der Waals surface area contributed by atoms with Crippen LogP contribution in [-0.2, 0) is 14.3 Å². The van der Waals surface area contributed by atoms with Crippen LogP contribution in [0.25, 0.3) is 0 Å². The SMILES string of the molecule is CCSCCOC(=O)C1=C(C)NC2=C(C(=O)CC(c3ccccc3OC)C2)C1c1ccc(F)cc1. The van der Waals surface area contributed by atoms with Crippen LogP contribution in [0.5, 0.6) is 5.75 Å². The number of para-hydroxylation sites is 1. The van der Waals surface area contributed by atoms with Crippen LogP contribution in [0.2, 0.25) is 0 Å². The van der Waals surface area contributed by atoms with Gasteiger partial charge in [-0.15, -0.1) is 0 Å². The van der Waals surface area contributed by atoms with Crippen molar-refractivity contribution in [1.82, 2.24) is 5.32 Å². The highest BCUT2D eigenvalue weighted by atomic mass is 32.2. The van der Waals surface area contributed by atoms with Crippen LogP contribution in [-0.4, -0.2) is 37.0 Å². The van der Waals surface area contributed by atoms with E-state index >= 15 is 0 Å². The number of carbonyl (C=O) groups is 2. The van der Waals surface area contributed by atoms with Gasteiger partial charge in [-0.1, -0.05) is 37.3 Å². The molecule has 0 amide bonds. The van der Waals surface area contributed by atoms with E-state index in [1.807, 2.05) is 31.2 Å². The van der Waals surface area contributed by atoms with Gasteiger partial charge in [0, 0.05) is 41.0 Å². The van der Waals surface area contributed by atoms with Crippen LogP contribution in [0.4, 0.5) is 4.39 Å². The van der Waals surface area contributed by atoms with Gasteiger partial charge in [0.25, 0.3) is 0 Å². The number of nitrogens with one attached hydrogen (secondary N) is 1. The number of benzene rings is 2. The molecule has 1 aliphatic carbocycles. The summed E-state index contributed by atoms with van der Waals surface area (Å²) in [6, 6.07) is 13.7. The Morgan fingerprint density at radius 3 is 2.60 bits per heavy atom. The van der Waals surface area contributed by atoms with Crippen molar-refractivity contribution in [2.24, 2.45) is 0 Å². The van der Waals surface area contributed by atoms with E-state index in [2.05, 4.69) is 12.2 Å². The van der Waals surface area contributed by atoms with Crippen LogP contribution in [0, 0.1) is 5.82 Å². The minimum absolute atomic E-state index is 0.0386. The first kappa shape index (κ1) is 25.0. The Morgan fingerprint density at radius 1 is 1.14 bits per heavy atom. The summed E-state index contributed by atoms with van der Waals surface area (Å²) in [5.41, 5.74) is 4.08. The molecule has 2 aromatic rings. The van der Waals surface area contributed by atoms with Crippen molar-refractivity contribution in [2.75, 3.05) is 25.2 Å². The van der Waals surface area contributed by atoms with Crippen molar-refractivity contribution in [3.63, 3.8) is 0 Å². The molecular weight excluding hydrogens is 465 g/mol. The molecule has 0 fully saturated rings. The van der Waals surface area contributed by atoms with Crippen molar-refractivity contribution < 1.29 is 23.5 Å². The van der Waals surface area contributed by atoms with Gasteiger partial charge in [0.15, 0.2) is 5.78 Å². The second-order valence-corrected chi connectivity index (χ2v) is 10.0. The molecule has 184 valence electrons. The Bertz CT molecular complexity index is 1170. The van der Waals surface area contributed by atoms with Crippen LogP contribution in [0.3, 0.4) is 0 Å². The van der Waals surface area contributed by atoms with Gasteiger partial charge < -0.3 is 14.8 Å². The van der Waals surface area contributed by atoms with Crippen LogP contribution >= 0.6 is 11.8 Å². The number of ketones is 1. The topological polar surface area (TPSA) is 64.6 Å². The van der Waals surface area contributed by atoms with Crippen LogP contribution in [0.15, 0.2) is 71.1 Å². The van der Waals surface area contributed by atoms with Crippen molar-refractivity contribution >= 4 is 23.5 Å². The molecule has 2 unspecified atom stereocenters. The highest BCUT2D eigenvalue weighted by molar-refractivity contribution is 7.99. The molecule has 0 bridgehead atoms. The Hall–Kier alpha value is -3.06. The van der Waals surface area contributed by atoms with Gasteiger partial charge in [-0.25, -0.2) is 9.18 Å². The van der Waals surface area contributed by atoms with Gasteiger partial charge in [0.05, 0.1) is 12.7 Å². The third kappa shape index (κ3) is 5.30. The number of hydrogen-bond acceptors (Lipinski definition) is 6. The van der Waals surface area contributed by atoms with E-state index in [9.17, 15) is 14.0 Å². The first-order valence-electron chi connectivity index (χ1n) is 11.8. The Kier molecular flexibility index (Phi) is 7.96. The predicted molar refractivity (Wildman–Crippen MR) is 136 cm³/mol. The summed E-state index contributed by atoms with van der Waals surface area (Å²) >= 11 is 1.69. The molecule has 1 heterocycles. The monoisotopic (exact) mass is 495 g/mol. The Balaban J connectivity index is 1.72. The zero-order chi connectivity index (χ0) is 24.9. The average Bonchev–Trinajstić information content (AvgIpc) is 2.86. The fourth-order valence-corrected chi connectivity index (χ4v) is 5.43. The maximum absolute atomic E-state index is 13.7. The number of esters is 1. The standard InChI is InChI=1S/C28H30FNO4S/c1-4-35-14-13-34-28(32)25-17(2)30-22-15-19(21-7-5-6-8-24(21)33-3)16-23(31)27(22)26(25)18-9-11-20(29)12-10-18/h5-12,19,26,30H,4,13-16H2,1-3H3. The number of carbonyl (C=O) groups excluding carboxylic acids is 2. The van der Waals surface area contributed by atoms with E-state index in [-0.39, 0.29) is 17.5 Å². The van der Waals surface area contributed by atoms with E-state index in [4.69, 9.17) is 9.47 Å². The fraction of sp³-hybridized carbons (Fsp3) is 0.357. The molecular formula is C28H30FNO4S. The highest BCUT2D eigenvalue weighted by Crippen LogP contribution is 2.46. The minimum atomic E-state index is -0.607. The van der Waals surface area contributed by atoms with Crippen molar-refractivity contribution in [1.29, 1.82) is 0 Å². The average molecular weight is 496 g/mol. The molecule has 2 aromatic carbocycles. The Labute approximate surface area is 209 Å². The third-order valence-electron chi connectivity index (χ3n) is 6.49.